The van der Waals surface area contributed by atoms with Crippen LogP contribution in [-0.4, -0.2) is 4.98 Å². The minimum Gasteiger partial charge on any atom is -0.395 e. The monoisotopic (exact) mass is 219 g/mol. The fraction of sp³-hybridized carbons (Fsp3) is 0. The van der Waals surface area contributed by atoms with Crippen molar-refractivity contribution in [3.63, 3.8) is 0 Å². The quantitative estimate of drug-likeness (QED) is 0.764. The van der Waals surface area contributed by atoms with E-state index in [-0.39, 0.29) is 0 Å². The summed E-state index contributed by atoms with van der Waals surface area (Å²) in [6.07, 6.45) is 1.62. The number of halogens is 1. The maximum absolute atomic E-state index is 5.80. The molecule has 0 amide bonds. The predicted octanol–water partition coefficient (Wildman–Crippen LogP) is 3.06. The van der Waals surface area contributed by atoms with Crippen molar-refractivity contribution in [2.45, 2.75) is 0 Å². The fourth-order valence-electron chi connectivity index (χ4n) is 1.23. The first kappa shape index (κ1) is 9.80. The Morgan fingerprint density at radius 3 is 2.60 bits per heavy atom. The van der Waals surface area contributed by atoms with E-state index in [9.17, 15) is 0 Å². The van der Waals surface area contributed by atoms with Crippen molar-refractivity contribution in [1.82, 2.24) is 4.98 Å². The Kier molecular flexibility index (Phi) is 2.74. The smallest absolute Gasteiger partial charge is 0.154 e. The largest absolute Gasteiger partial charge is 0.395 e. The number of hydrogen-bond acceptors (Lipinski definition) is 3. The zero-order valence-electron chi connectivity index (χ0n) is 7.94. The Bertz CT molecular complexity index is 457. The Balaban J connectivity index is 2.29. The molecule has 0 saturated heterocycles. The second-order valence-corrected chi connectivity index (χ2v) is 3.41. The van der Waals surface area contributed by atoms with Crippen molar-refractivity contribution >= 4 is 28.7 Å². The van der Waals surface area contributed by atoms with E-state index in [1.165, 1.54) is 0 Å². The van der Waals surface area contributed by atoms with Crippen LogP contribution in [0, 0.1) is 0 Å². The fourth-order valence-corrected chi connectivity index (χ4v) is 1.39. The van der Waals surface area contributed by atoms with E-state index in [0.29, 0.717) is 10.8 Å². The van der Waals surface area contributed by atoms with Gasteiger partial charge in [0, 0.05) is 11.9 Å². The summed E-state index contributed by atoms with van der Waals surface area (Å²) in [5, 5.41) is 3.48. The van der Waals surface area contributed by atoms with Crippen LogP contribution in [-0.2, 0) is 0 Å². The second kappa shape index (κ2) is 4.19. The average Bonchev–Trinajstić information content (AvgIpc) is 2.26. The minimum absolute atomic E-state index is 0.316. The molecule has 0 unspecified atom stereocenters. The van der Waals surface area contributed by atoms with Gasteiger partial charge in [0.2, 0.25) is 0 Å². The van der Waals surface area contributed by atoms with Crippen molar-refractivity contribution in [2.75, 3.05) is 11.1 Å². The van der Waals surface area contributed by atoms with E-state index < -0.39 is 0 Å². The zero-order valence-corrected chi connectivity index (χ0v) is 8.70. The van der Waals surface area contributed by atoms with E-state index >= 15 is 0 Å². The molecular formula is C11H10ClN3. The molecular weight excluding hydrogens is 210 g/mol. The van der Waals surface area contributed by atoms with Crippen LogP contribution in [0.3, 0.4) is 0 Å². The number of anilines is 3. The van der Waals surface area contributed by atoms with Gasteiger partial charge in [0.05, 0.1) is 11.4 Å². The number of hydrogen-bond donors (Lipinski definition) is 2. The van der Waals surface area contributed by atoms with Crippen LogP contribution in [0.5, 0.6) is 0 Å². The average molecular weight is 220 g/mol. The molecule has 3 N–H and O–H groups in total. The number of nitrogens with zero attached hydrogens (tertiary/aromatic N) is 1. The summed E-state index contributed by atoms with van der Waals surface area (Å²) in [5.74, 6) is 0. The molecule has 1 aromatic heterocycles. The Morgan fingerprint density at radius 1 is 1.13 bits per heavy atom. The van der Waals surface area contributed by atoms with Gasteiger partial charge in [-0.15, -0.1) is 0 Å². The third kappa shape index (κ3) is 2.19. The highest BCUT2D eigenvalue weighted by atomic mass is 35.5. The number of nitrogens with two attached hydrogens (primary N) is 1. The highest BCUT2D eigenvalue weighted by molar-refractivity contribution is 6.32. The highest BCUT2D eigenvalue weighted by Gasteiger charge is 2.03. The highest BCUT2D eigenvalue weighted by Crippen LogP contribution is 2.27. The summed E-state index contributed by atoms with van der Waals surface area (Å²) in [5.41, 5.74) is 7.96. The number of nitrogen functional groups attached to an aromatic ring is 1. The lowest BCUT2D eigenvalue weighted by Gasteiger charge is -2.09. The first-order valence-electron chi connectivity index (χ1n) is 4.49. The van der Waals surface area contributed by atoms with Crippen LogP contribution in [0.15, 0.2) is 42.6 Å². The Morgan fingerprint density at radius 2 is 1.87 bits per heavy atom. The summed E-state index contributed by atoms with van der Waals surface area (Å²) in [7, 11) is 0. The number of pyridine rings is 1. The van der Waals surface area contributed by atoms with Crippen LogP contribution < -0.4 is 11.1 Å². The molecule has 0 saturated carbocycles. The number of para-hydroxylation sites is 1. The number of nitrogens with one attached hydrogen (secondary N) is 1. The molecule has 4 heteroatoms. The maximum Gasteiger partial charge on any atom is 0.154 e. The Labute approximate surface area is 92.9 Å². The molecule has 0 aliphatic rings. The molecule has 1 aromatic carbocycles. The molecule has 0 atom stereocenters. The molecule has 2 aromatic rings. The molecule has 0 spiro atoms. The van der Waals surface area contributed by atoms with Gasteiger partial charge >= 0.3 is 0 Å². The number of aromatic nitrogens is 1. The van der Waals surface area contributed by atoms with Gasteiger partial charge in [-0.25, -0.2) is 4.98 Å². The number of rotatable bonds is 2. The van der Waals surface area contributed by atoms with Gasteiger partial charge in [-0.05, 0) is 18.2 Å². The summed E-state index contributed by atoms with van der Waals surface area (Å²) in [6, 6.07) is 11.5. The minimum atomic E-state index is 0.316. The van der Waals surface area contributed by atoms with Crippen molar-refractivity contribution in [3.8, 4) is 0 Å². The summed E-state index contributed by atoms with van der Waals surface area (Å²) < 4.78 is 0. The van der Waals surface area contributed by atoms with Crippen LogP contribution >= 0.6 is 11.6 Å². The van der Waals surface area contributed by atoms with E-state index in [1.807, 2.05) is 30.3 Å². The van der Waals surface area contributed by atoms with Gasteiger partial charge in [0.1, 0.15) is 0 Å². The lowest BCUT2D eigenvalue weighted by Crippen LogP contribution is -1.97. The van der Waals surface area contributed by atoms with Crippen LogP contribution in [0.4, 0.5) is 17.1 Å². The molecule has 0 radical (unpaired) electrons. The first-order valence-corrected chi connectivity index (χ1v) is 4.87. The molecule has 0 aliphatic heterocycles. The zero-order chi connectivity index (χ0) is 10.7. The lowest BCUT2D eigenvalue weighted by molar-refractivity contribution is 1.33. The van der Waals surface area contributed by atoms with Gasteiger partial charge in [-0.2, -0.15) is 0 Å². The van der Waals surface area contributed by atoms with Gasteiger partial charge in [0.25, 0.3) is 0 Å². The molecule has 76 valence electrons. The van der Waals surface area contributed by atoms with Crippen molar-refractivity contribution in [1.29, 1.82) is 0 Å². The summed E-state index contributed by atoms with van der Waals surface area (Å²) in [6.45, 7) is 0. The van der Waals surface area contributed by atoms with Gasteiger partial charge in [0.15, 0.2) is 5.15 Å². The van der Waals surface area contributed by atoms with Gasteiger partial charge < -0.3 is 11.1 Å². The van der Waals surface area contributed by atoms with Gasteiger partial charge in [-0.3, -0.25) is 0 Å². The molecule has 2 rings (SSSR count). The third-order valence-electron chi connectivity index (χ3n) is 1.99. The molecule has 15 heavy (non-hydrogen) atoms. The third-order valence-corrected chi connectivity index (χ3v) is 2.30. The van der Waals surface area contributed by atoms with E-state index in [0.717, 1.165) is 11.4 Å². The lowest BCUT2D eigenvalue weighted by atomic mass is 10.3. The molecule has 1 heterocycles. The van der Waals surface area contributed by atoms with E-state index in [4.69, 9.17) is 17.3 Å². The van der Waals surface area contributed by atoms with Crippen molar-refractivity contribution < 1.29 is 0 Å². The molecule has 0 fully saturated rings. The van der Waals surface area contributed by atoms with Crippen LogP contribution in [0.2, 0.25) is 5.15 Å². The normalized spacial score (nSPS) is 9.93. The topological polar surface area (TPSA) is 50.9 Å². The van der Waals surface area contributed by atoms with Crippen LogP contribution in [0.25, 0.3) is 0 Å². The molecule has 0 bridgehead atoms. The molecule has 0 aliphatic carbocycles. The van der Waals surface area contributed by atoms with E-state index in [1.54, 1.807) is 12.3 Å². The van der Waals surface area contributed by atoms with E-state index in [2.05, 4.69) is 10.3 Å². The SMILES string of the molecule is Nc1c(Nc2ccccc2)ccnc1Cl. The number of benzene rings is 1. The maximum atomic E-state index is 5.80. The van der Waals surface area contributed by atoms with Crippen molar-refractivity contribution in [2.24, 2.45) is 0 Å². The first-order chi connectivity index (χ1) is 7.27. The molecule has 3 nitrogen and oxygen atoms in total. The van der Waals surface area contributed by atoms with Crippen LogP contribution in [0.1, 0.15) is 0 Å². The standard InChI is InChI=1S/C11H10ClN3/c12-11-10(13)9(6-7-14-11)15-8-4-2-1-3-5-8/h1-7H,13H2,(H,14,15). The second-order valence-electron chi connectivity index (χ2n) is 3.05. The summed E-state index contributed by atoms with van der Waals surface area (Å²) >= 11 is 5.80. The van der Waals surface area contributed by atoms with Crippen molar-refractivity contribution in [3.05, 3.63) is 47.7 Å². The summed E-state index contributed by atoms with van der Waals surface area (Å²) in [4.78, 5) is 3.88. The predicted molar refractivity (Wildman–Crippen MR) is 63.4 cm³/mol. The van der Waals surface area contributed by atoms with Gasteiger partial charge in [-0.1, -0.05) is 29.8 Å². The Hall–Kier alpha value is -1.74.